The molecule has 0 bridgehead atoms. The zero-order valence-corrected chi connectivity index (χ0v) is 13.7. The maximum absolute atomic E-state index is 3.59. The summed E-state index contributed by atoms with van der Waals surface area (Å²) in [7, 11) is 2.31. The van der Waals surface area contributed by atoms with Crippen LogP contribution in [0.25, 0.3) is 0 Å². The first-order chi connectivity index (χ1) is 10.4. The lowest BCUT2D eigenvalue weighted by Gasteiger charge is -2.31. The number of nitrogens with one attached hydrogen (secondary N) is 1. The van der Waals surface area contributed by atoms with Gasteiger partial charge in [0.05, 0.1) is 0 Å². The van der Waals surface area contributed by atoms with Crippen LogP contribution in [-0.2, 0) is 6.42 Å². The average molecular weight is 288 g/mol. The summed E-state index contributed by atoms with van der Waals surface area (Å²) >= 11 is 0. The summed E-state index contributed by atoms with van der Waals surface area (Å²) in [6.07, 6.45) is 10.9. The normalized spacial score (nSPS) is 16.5. The maximum Gasteiger partial charge on any atom is 0.00922 e. The van der Waals surface area contributed by atoms with Crippen LogP contribution >= 0.6 is 0 Å². The molecular weight excluding hydrogens is 256 g/mol. The van der Waals surface area contributed by atoms with E-state index in [1.54, 1.807) is 0 Å². The highest BCUT2D eigenvalue weighted by molar-refractivity contribution is 5.14. The molecule has 118 valence electrons. The highest BCUT2D eigenvalue weighted by Gasteiger charge is 2.16. The number of hydrogen-bond donors (Lipinski definition) is 1. The molecule has 0 heterocycles. The van der Waals surface area contributed by atoms with Gasteiger partial charge < -0.3 is 10.2 Å². The molecule has 0 spiro atoms. The molecule has 0 aromatic heterocycles. The van der Waals surface area contributed by atoms with Gasteiger partial charge in [-0.3, -0.25) is 0 Å². The van der Waals surface area contributed by atoms with Crippen molar-refractivity contribution in [2.75, 3.05) is 26.7 Å². The van der Waals surface area contributed by atoms with Gasteiger partial charge in [-0.15, -0.1) is 0 Å². The van der Waals surface area contributed by atoms with Crippen molar-refractivity contribution in [1.29, 1.82) is 0 Å². The van der Waals surface area contributed by atoms with Gasteiger partial charge in [0.2, 0.25) is 0 Å². The summed E-state index contributed by atoms with van der Waals surface area (Å²) < 4.78 is 0. The minimum Gasteiger partial charge on any atom is -0.317 e. The molecule has 0 aliphatic heterocycles. The second kappa shape index (κ2) is 9.97. The summed E-state index contributed by atoms with van der Waals surface area (Å²) in [4.78, 5) is 2.59. The second-order valence-corrected chi connectivity index (χ2v) is 6.47. The summed E-state index contributed by atoms with van der Waals surface area (Å²) in [6.45, 7) is 3.55. The molecule has 2 nitrogen and oxygen atoms in total. The first-order valence-electron chi connectivity index (χ1n) is 8.81. The Labute approximate surface area is 130 Å². The third-order valence-corrected chi connectivity index (χ3v) is 4.72. The lowest BCUT2D eigenvalue weighted by molar-refractivity contribution is 0.189. The summed E-state index contributed by atoms with van der Waals surface area (Å²) in [5, 5.41) is 3.59. The van der Waals surface area contributed by atoms with Crippen molar-refractivity contribution in [3.63, 3.8) is 0 Å². The summed E-state index contributed by atoms with van der Waals surface area (Å²) in [5.74, 6) is 0. The molecule has 0 saturated heterocycles. The second-order valence-electron chi connectivity index (χ2n) is 6.47. The fourth-order valence-electron chi connectivity index (χ4n) is 3.35. The van der Waals surface area contributed by atoms with Crippen molar-refractivity contribution in [2.24, 2.45) is 0 Å². The zero-order chi connectivity index (χ0) is 14.8. The van der Waals surface area contributed by atoms with E-state index in [1.807, 2.05) is 0 Å². The van der Waals surface area contributed by atoms with E-state index in [-0.39, 0.29) is 0 Å². The first-order valence-corrected chi connectivity index (χ1v) is 8.81. The fourth-order valence-corrected chi connectivity index (χ4v) is 3.35. The molecule has 1 aromatic carbocycles. The lowest BCUT2D eigenvalue weighted by Crippen LogP contribution is -2.35. The van der Waals surface area contributed by atoms with Crippen molar-refractivity contribution in [2.45, 2.75) is 57.4 Å². The monoisotopic (exact) mass is 288 g/mol. The maximum atomic E-state index is 3.59. The van der Waals surface area contributed by atoms with Gasteiger partial charge in [0.1, 0.15) is 0 Å². The van der Waals surface area contributed by atoms with E-state index in [1.165, 1.54) is 63.5 Å². The lowest BCUT2D eigenvalue weighted by atomic mass is 9.94. The van der Waals surface area contributed by atoms with Crippen LogP contribution in [0.5, 0.6) is 0 Å². The molecule has 1 N–H and O–H groups in total. The fraction of sp³-hybridized carbons (Fsp3) is 0.684. The number of nitrogens with zero attached hydrogens (tertiary/aromatic N) is 1. The van der Waals surface area contributed by atoms with Crippen LogP contribution in [-0.4, -0.2) is 37.6 Å². The molecule has 1 aromatic rings. The molecule has 1 aliphatic rings. The molecule has 2 heteroatoms. The molecule has 21 heavy (non-hydrogen) atoms. The Kier molecular flexibility index (Phi) is 7.83. The summed E-state index contributed by atoms with van der Waals surface area (Å²) in [6, 6.07) is 11.6. The Morgan fingerprint density at radius 2 is 1.71 bits per heavy atom. The van der Waals surface area contributed by atoms with E-state index in [0.29, 0.717) is 0 Å². The quantitative estimate of drug-likeness (QED) is 0.694. The van der Waals surface area contributed by atoms with Gasteiger partial charge >= 0.3 is 0 Å². The SMILES string of the molecule is CN(CCCNCCCc1ccccc1)C1CCCCC1. The molecule has 2 rings (SSSR count). The number of aryl methyl sites for hydroxylation is 1. The molecule has 0 unspecified atom stereocenters. The van der Waals surface area contributed by atoms with Crippen LogP contribution in [0.1, 0.15) is 50.5 Å². The van der Waals surface area contributed by atoms with Gasteiger partial charge in [0.15, 0.2) is 0 Å². The number of hydrogen-bond acceptors (Lipinski definition) is 2. The van der Waals surface area contributed by atoms with Crippen LogP contribution < -0.4 is 5.32 Å². The molecule has 1 aliphatic carbocycles. The van der Waals surface area contributed by atoms with Gasteiger partial charge in [0, 0.05) is 6.04 Å². The van der Waals surface area contributed by atoms with Crippen molar-refractivity contribution in [1.82, 2.24) is 10.2 Å². The van der Waals surface area contributed by atoms with E-state index < -0.39 is 0 Å². The van der Waals surface area contributed by atoms with E-state index in [0.717, 1.165) is 19.1 Å². The number of benzene rings is 1. The Morgan fingerprint density at radius 3 is 2.48 bits per heavy atom. The van der Waals surface area contributed by atoms with Crippen LogP contribution in [0.15, 0.2) is 30.3 Å². The highest BCUT2D eigenvalue weighted by Crippen LogP contribution is 2.21. The van der Waals surface area contributed by atoms with Crippen molar-refractivity contribution < 1.29 is 0 Å². The topological polar surface area (TPSA) is 15.3 Å². The zero-order valence-electron chi connectivity index (χ0n) is 13.7. The molecular formula is C19H32N2. The van der Waals surface area contributed by atoms with E-state index in [4.69, 9.17) is 0 Å². The van der Waals surface area contributed by atoms with Gasteiger partial charge in [-0.1, -0.05) is 49.6 Å². The third-order valence-electron chi connectivity index (χ3n) is 4.72. The predicted octanol–water partition coefficient (Wildman–Crippen LogP) is 3.86. The minimum atomic E-state index is 0.858. The van der Waals surface area contributed by atoms with Crippen LogP contribution in [0.3, 0.4) is 0 Å². The van der Waals surface area contributed by atoms with Crippen LogP contribution in [0.4, 0.5) is 0 Å². The van der Waals surface area contributed by atoms with E-state index in [9.17, 15) is 0 Å². The Morgan fingerprint density at radius 1 is 1.00 bits per heavy atom. The first kappa shape index (κ1) is 16.5. The smallest absolute Gasteiger partial charge is 0.00922 e. The van der Waals surface area contributed by atoms with Crippen molar-refractivity contribution in [3.05, 3.63) is 35.9 Å². The van der Waals surface area contributed by atoms with Gasteiger partial charge in [-0.25, -0.2) is 0 Å². The van der Waals surface area contributed by atoms with Crippen molar-refractivity contribution >= 4 is 0 Å². The van der Waals surface area contributed by atoms with Gasteiger partial charge in [0.25, 0.3) is 0 Å². The predicted molar refractivity (Wildman–Crippen MR) is 91.8 cm³/mol. The standard InChI is InChI=1S/C19H32N2/c1-21(19-13-6-3-7-14-19)17-9-16-20-15-8-12-18-10-4-2-5-11-18/h2,4-5,10-11,19-20H,3,6-9,12-17H2,1H3. The third kappa shape index (κ3) is 6.62. The molecule has 0 radical (unpaired) electrons. The molecule has 0 amide bonds. The van der Waals surface area contributed by atoms with Gasteiger partial charge in [-0.05, 0) is 64.3 Å². The average Bonchev–Trinajstić information content (AvgIpc) is 2.55. The summed E-state index contributed by atoms with van der Waals surface area (Å²) in [5.41, 5.74) is 1.45. The molecule has 1 saturated carbocycles. The highest BCUT2D eigenvalue weighted by atomic mass is 15.1. The van der Waals surface area contributed by atoms with E-state index >= 15 is 0 Å². The van der Waals surface area contributed by atoms with Crippen LogP contribution in [0.2, 0.25) is 0 Å². The Balaban J connectivity index is 1.44. The Bertz CT molecular complexity index is 357. The minimum absolute atomic E-state index is 0.858. The largest absolute Gasteiger partial charge is 0.317 e. The van der Waals surface area contributed by atoms with E-state index in [2.05, 4.69) is 47.6 Å². The Hall–Kier alpha value is -0.860. The number of rotatable bonds is 9. The molecule has 1 fully saturated rings. The van der Waals surface area contributed by atoms with Crippen molar-refractivity contribution in [3.8, 4) is 0 Å². The van der Waals surface area contributed by atoms with Gasteiger partial charge in [-0.2, -0.15) is 0 Å². The van der Waals surface area contributed by atoms with Crippen LogP contribution in [0, 0.1) is 0 Å². The molecule has 0 atom stereocenters.